The molecule has 0 aliphatic heterocycles. The number of nitrogens with zero attached hydrogens (tertiary/aromatic N) is 4. The van der Waals surface area contributed by atoms with Crippen LogP contribution in [0.25, 0.3) is 0 Å². The van der Waals surface area contributed by atoms with E-state index in [2.05, 4.69) is 15.5 Å². The van der Waals surface area contributed by atoms with Crippen LogP contribution < -0.4 is 9.88 Å². The van der Waals surface area contributed by atoms with Crippen molar-refractivity contribution in [2.75, 3.05) is 17.7 Å². The van der Waals surface area contributed by atoms with Crippen LogP contribution in [0.5, 0.6) is 0 Å². The summed E-state index contributed by atoms with van der Waals surface area (Å²) in [5.74, 6) is 1.58. The Hall–Kier alpha value is -1.88. The number of rotatable bonds is 9. The number of azo groups is 1. The summed E-state index contributed by atoms with van der Waals surface area (Å²) in [7, 11) is 3.91. The molecule has 2 aromatic rings. The highest BCUT2D eigenvalue weighted by molar-refractivity contribution is 6.17. The van der Waals surface area contributed by atoms with Gasteiger partial charge in [-0.2, -0.15) is 0 Å². The quantitative estimate of drug-likeness (QED) is 0.312. The number of unbranched alkanes of at least 4 members (excludes halogenated alkanes) is 3. The molecule has 0 saturated carbocycles. The zero-order valence-corrected chi connectivity index (χ0v) is 14.6. The van der Waals surface area contributed by atoms with Crippen LogP contribution in [0.3, 0.4) is 0 Å². The molecule has 0 saturated heterocycles. The first kappa shape index (κ1) is 17.5. The zero-order chi connectivity index (χ0) is 16.5. The van der Waals surface area contributed by atoms with E-state index in [-0.39, 0.29) is 0 Å². The van der Waals surface area contributed by atoms with Gasteiger partial charge in [0.1, 0.15) is 5.69 Å². The van der Waals surface area contributed by atoms with Crippen LogP contribution in [0.2, 0.25) is 0 Å². The van der Waals surface area contributed by atoms with Gasteiger partial charge < -0.3 is 5.32 Å². The number of imidazole rings is 1. The molecule has 0 aliphatic rings. The smallest absolute Gasteiger partial charge is 0.385 e. The van der Waals surface area contributed by atoms with E-state index in [1.54, 1.807) is 0 Å². The van der Waals surface area contributed by atoms with E-state index in [9.17, 15) is 0 Å². The minimum Gasteiger partial charge on any atom is -0.385 e. The van der Waals surface area contributed by atoms with Crippen molar-refractivity contribution in [2.45, 2.75) is 25.7 Å². The van der Waals surface area contributed by atoms with Crippen LogP contribution in [0, 0.1) is 0 Å². The molecule has 0 aliphatic carbocycles. The highest BCUT2D eigenvalue weighted by atomic mass is 35.5. The molecule has 2 rings (SSSR count). The summed E-state index contributed by atoms with van der Waals surface area (Å²) in [4.78, 5) is 0. The Balaban J connectivity index is 1.80. The third kappa shape index (κ3) is 5.67. The van der Waals surface area contributed by atoms with Gasteiger partial charge in [-0.3, -0.25) is 0 Å². The van der Waals surface area contributed by atoms with Gasteiger partial charge in [-0.1, -0.05) is 18.0 Å². The van der Waals surface area contributed by atoms with Crippen LogP contribution in [0.15, 0.2) is 46.9 Å². The molecule has 124 valence electrons. The lowest BCUT2D eigenvalue weighted by molar-refractivity contribution is -0.657. The maximum atomic E-state index is 5.67. The summed E-state index contributed by atoms with van der Waals surface area (Å²) >= 11 is 5.67. The van der Waals surface area contributed by atoms with Crippen molar-refractivity contribution in [3.63, 3.8) is 0 Å². The molecule has 23 heavy (non-hydrogen) atoms. The van der Waals surface area contributed by atoms with E-state index < -0.39 is 0 Å². The molecule has 0 amide bonds. The van der Waals surface area contributed by atoms with E-state index in [0.717, 1.165) is 36.2 Å². The standard InChI is InChI=1S/C17H24ClN5/c1-22-13-14-23(2)17(22)21-20-16-9-7-15(8-10-16)19-12-6-4-3-5-11-18/h7-10,13-14H,3-6,11-12H2,1-2H3/p+1. The van der Waals surface area contributed by atoms with Crippen LogP contribution in [0.1, 0.15) is 25.7 Å². The SMILES string of the molecule is Cn1cc[n+](C)c1/N=N/c1ccc(NCCCCCCCl)cc1. The summed E-state index contributed by atoms with van der Waals surface area (Å²) in [6.45, 7) is 0.988. The lowest BCUT2D eigenvalue weighted by Gasteiger charge is -2.05. The molecule has 0 radical (unpaired) electrons. The fourth-order valence-electron chi connectivity index (χ4n) is 2.28. The number of hydrogen-bond acceptors (Lipinski definition) is 3. The largest absolute Gasteiger partial charge is 0.421 e. The summed E-state index contributed by atoms with van der Waals surface area (Å²) in [6, 6.07) is 8.03. The number of nitrogens with one attached hydrogen (secondary N) is 1. The highest BCUT2D eigenvalue weighted by Gasteiger charge is 2.10. The summed E-state index contributed by atoms with van der Waals surface area (Å²) < 4.78 is 3.87. The predicted molar refractivity (Wildman–Crippen MR) is 94.9 cm³/mol. The number of halogens is 1. The Morgan fingerprint density at radius 1 is 1.09 bits per heavy atom. The van der Waals surface area contributed by atoms with Gasteiger partial charge in [0.05, 0.1) is 26.5 Å². The third-order valence-corrected chi connectivity index (χ3v) is 3.92. The van der Waals surface area contributed by atoms with Gasteiger partial charge >= 0.3 is 5.95 Å². The van der Waals surface area contributed by atoms with Gasteiger partial charge in [0.25, 0.3) is 0 Å². The fraction of sp³-hybridized carbons (Fsp3) is 0.471. The van der Waals surface area contributed by atoms with Gasteiger partial charge in [-0.05, 0) is 37.1 Å². The Labute approximate surface area is 143 Å². The molecule has 0 spiro atoms. The Bertz CT molecular complexity index is 599. The number of alkyl halides is 1. The number of aromatic nitrogens is 2. The van der Waals surface area contributed by atoms with Crippen molar-refractivity contribution in [1.29, 1.82) is 0 Å². The first-order valence-electron chi connectivity index (χ1n) is 8.03. The molecular weight excluding hydrogens is 310 g/mol. The van der Waals surface area contributed by atoms with Gasteiger partial charge in [-0.15, -0.1) is 11.6 Å². The zero-order valence-electron chi connectivity index (χ0n) is 13.9. The normalized spacial score (nSPS) is 11.3. The summed E-state index contributed by atoms with van der Waals surface area (Å²) in [5.41, 5.74) is 1.96. The Morgan fingerprint density at radius 3 is 2.48 bits per heavy atom. The predicted octanol–water partition coefficient (Wildman–Crippen LogP) is 4.48. The summed E-state index contributed by atoms with van der Waals surface area (Å²) in [6.07, 6.45) is 8.62. The van der Waals surface area contributed by atoms with Crippen LogP contribution in [0.4, 0.5) is 17.3 Å². The molecule has 0 atom stereocenters. The molecule has 0 bridgehead atoms. The van der Waals surface area contributed by atoms with Crippen molar-refractivity contribution in [1.82, 2.24) is 4.57 Å². The fourth-order valence-corrected chi connectivity index (χ4v) is 2.47. The van der Waals surface area contributed by atoms with Crippen LogP contribution in [-0.2, 0) is 14.1 Å². The molecule has 1 heterocycles. The highest BCUT2D eigenvalue weighted by Crippen LogP contribution is 2.18. The molecule has 0 unspecified atom stereocenters. The van der Waals surface area contributed by atoms with Gasteiger partial charge in [0.15, 0.2) is 0 Å². The van der Waals surface area contributed by atoms with E-state index in [4.69, 9.17) is 11.6 Å². The van der Waals surface area contributed by atoms with Crippen LogP contribution in [-0.4, -0.2) is 17.0 Å². The molecule has 0 fully saturated rings. The van der Waals surface area contributed by atoms with Crippen molar-refractivity contribution >= 4 is 28.9 Å². The van der Waals surface area contributed by atoms with Crippen molar-refractivity contribution in [3.05, 3.63) is 36.7 Å². The van der Waals surface area contributed by atoms with Crippen LogP contribution >= 0.6 is 11.6 Å². The van der Waals surface area contributed by atoms with E-state index in [0.29, 0.717) is 0 Å². The summed E-state index contributed by atoms with van der Waals surface area (Å²) in [5, 5.41) is 12.0. The first-order chi connectivity index (χ1) is 11.2. The van der Waals surface area contributed by atoms with Crippen molar-refractivity contribution in [2.24, 2.45) is 24.3 Å². The number of aryl methyl sites for hydroxylation is 2. The second-order valence-electron chi connectivity index (χ2n) is 5.60. The second kappa shape index (κ2) is 9.30. The lowest BCUT2D eigenvalue weighted by atomic mass is 10.2. The number of hydrogen-bond donors (Lipinski definition) is 1. The first-order valence-corrected chi connectivity index (χ1v) is 8.57. The maximum Gasteiger partial charge on any atom is 0.421 e. The van der Waals surface area contributed by atoms with Gasteiger partial charge in [0.2, 0.25) is 0 Å². The maximum absolute atomic E-state index is 5.67. The van der Waals surface area contributed by atoms with Crippen molar-refractivity contribution in [3.8, 4) is 0 Å². The molecule has 5 nitrogen and oxygen atoms in total. The molecule has 1 aromatic carbocycles. The van der Waals surface area contributed by atoms with Gasteiger partial charge in [-0.25, -0.2) is 9.13 Å². The topological polar surface area (TPSA) is 45.6 Å². The molecule has 1 aromatic heterocycles. The van der Waals surface area contributed by atoms with E-state index >= 15 is 0 Å². The average molecular weight is 335 g/mol. The molecule has 1 N–H and O–H groups in total. The lowest BCUT2D eigenvalue weighted by Crippen LogP contribution is -2.25. The van der Waals surface area contributed by atoms with E-state index in [1.165, 1.54) is 19.3 Å². The Morgan fingerprint density at radius 2 is 1.83 bits per heavy atom. The number of benzene rings is 1. The number of anilines is 1. The average Bonchev–Trinajstić information content (AvgIpc) is 2.88. The molecule has 6 heteroatoms. The van der Waals surface area contributed by atoms with Gasteiger partial charge in [0, 0.05) is 23.2 Å². The van der Waals surface area contributed by atoms with E-state index in [1.807, 2.05) is 59.9 Å². The van der Waals surface area contributed by atoms with Crippen molar-refractivity contribution < 1.29 is 4.57 Å². The third-order valence-electron chi connectivity index (χ3n) is 3.66. The second-order valence-corrected chi connectivity index (χ2v) is 5.97. The minimum atomic E-state index is 0.768. The monoisotopic (exact) mass is 334 g/mol. The Kier molecular flexibility index (Phi) is 7.07. The molecular formula is C17H25ClN5+. The minimum absolute atomic E-state index is 0.768.